The van der Waals surface area contributed by atoms with Crippen molar-refractivity contribution in [3.05, 3.63) is 60.7 Å². The number of hydrogen-bond acceptors (Lipinski definition) is 7. The van der Waals surface area contributed by atoms with E-state index in [1.165, 1.54) is 24.3 Å². The summed E-state index contributed by atoms with van der Waals surface area (Å²) in [6.07, 6.45) is 0. The van der Waals surface area contributed by atoms with Gasteiger partial charge in [-0.05, 0) is 24.3 Å². The average Bonchev–Trinajstić information content (AvgIpc) is 3.02. The fourth-order valence-corrected chi connectivity index (χ4v) is 4.54. The molecule has 0 saturated carbocycles. The fourth-order valence-electron chi connectivity index (χ4n) is 1.89. The predicted molar refractivity (Wildman–Crippen MR) is 94.4 cm³/mol. The van der Waals surface area contributed by atoms with Crippen LogP contribution < -0.4 is 9.44 Å². The predicted octanol–water partition coefficient (Wildman–Crippen LogP) is 2.14. The summed E-state index contributed by atoms with van der Waals surface area (Å²) in [5, 5.41) is 0. The Labute approximate surface area is 149 Å². The van der Waals surface area contributed by atoms with Crippen molar-refractivity contribution in [2.75, 3.05) is 9.44 Å². The van der Waals surface area contributed by atoms with Gasteiger partial charge in [-0.15, -0.1) is 0 Å². The molecular formula is C14H12N4O4S3. The zero-order valence-electron chi connectivity index (χ0n) is 12.5. The summed E-state index contributed by atoms with van der Waals surface area (Å²) in [6.45, 7) is 0. The summed E-state index contributed by atoms with van der Waals surface area (Å²) in [7, 11) is -7.81. The zero-order valence-corrected chi connectivity index (χ0v) is 15.0. The lowest BCUT2D eigenvalue weighted by atomic mass is 10.4. The molecule has 0 saturated heterocycles. The molecule has 8 nitrogen and oxygen atoms in total. The Morgan fingerprint density at radius 2 is 1.00 bits per heavy atom. The summed E-state index contributed by atoms with van der Waals surface area (Å²) in [5.41, 5.74) is 0. The maximum absolute atomic E-state index is 12.3. The van der Waals surface area contributed by atoms with E-state index in [1.807, 2.05) is 0 Å². The van der Waals surface area contributed by atoms with Gasteiger partial charge in [0.1, 0.15) is 0 Å². The minimum Gasteiger partial charge on any atom is -0.259 e. The Kier molecular flexibility index (Phi) is 4.70. The van der Waals surface area contributed by atoms with E-state index in [9.17, 15) is 16.8 Å². The topological polar surface area (TPSA) is 118 Å². The number of anilines is 2. The van der Waals surface area contributed by atoms with Gasteiger partial charge in [0.25, 0.3) is 20.0 Å². The molecule has 0 unspecified atom stereocenters. The SMILES string of the molecule is O=S(=O)(Nc1nsnc1NS(=O)(=O)c1ccccc1)c1ccccc1. The van der Waals surface area contributed by atoms with Crippen molar-refractivity contribution >= 4 is 43.4 Å². The summed E-state index contributed by atoms with van der Waals surface area (Å²) >= 11 is 0.684. The number of aromatic nitrogens is 2. The van der Waals surface area contributed by atoms with E-state index < -0.39 is 20.0 Å². The van der Waals surface area contributed by atoms with Crippen LogP contribution in [-0.4, -0.2) is 25.6 Å². The third-order valence-corrected chi connectivity index (χ3v) is 6.30. The van der Waals surface area contributed by atoms with Crippen LogP contribution in [0.5, 0.6) is 0 Å². The minimum atomic E-state index is -3.91. The van der Waals surface area contributed by atoms with Crippen LogP contribution in [-0.2, 0) is 20.0 Å². The van der Waals surface area contributed by atoms with Crippen LogP contribution in [0.3, 0.4) is 0 Å². The molecule has 130 valence electrons. The molecule has 0 fully saturated rings. The highest BCUT2D eigenvalue weighted by Crippen LogP contribution is 2.24. The van der Waals surface area contributed by atoms with Gasteiger partial charge in [-0.1, -0.05) is 36.4 Å². The first kappa shape index (κ1) is 17.3. The number of rotatable bonds is 6. The Hall–Kier alpha value is -2.50. The smallest absolute Gasteiger partial charge is 0.259 e. The van der Waals surface area contributed by atoms with Crippen molar-refractivity contribution in [3.8, 4) is 0 Å². The van der Waals surface area contributed by atoms with Crippen LogP contribution >= 0.6 is 11.7 Å². The van der Waals surface area contributed by atoms with E-state index in [1.54, 1.807) is 36.4 Å². The first-order valence-corrected chi connectivity index (χ1v) is 10.6. The lowest BCUT2D eigenvalue weighted by molar-refractivity contribution is 0.598. The molecule has 1 aromatic heterocycles. The van der Waals surface area contributed by atoms with Crippen LogP contribution in [0.4, 0.5) is 11.6 Å². The molecule has 2 aromatic carbocycles. The first-order valence-electron chi connectivity index (χ1n) is 6.87. The van der Waals surface area contributed by atoms with Gasteiger partial charge in [0.15, 0.2) is 11.6 Å². The molecule has 0 amide bonds. The third-order valence-electron chi connectivity index (χ3n) is 3.06. The lowest BCUT2D eigenvalue weighted by Crippen LogP contribution is -2.17. The van der Waals surface area contributed by atoms with Gasteiger partial charge >= 0.3 is 0 Å². The van der Waals surface area contributed by atoms with Crippen LogP contribution in [0.25, 0.3) is 0 Å². The Morgan fingerprint density at radius 1 is 0.640 bits per heavy atom. The molecule has 11 heteroatoms. The fraction of sp³-hybridized carbons (Fsp3) is 0. The van der Waals surface area contributed by atoms with E-state index in [0.717, 1.165) is 0 Å². The number of nitrogens with zero attached hydrogens (tertiary/aromatic N) is 2. The summed E-state index contributed by atoms with van der Waals surface area (Å²) in [4.78, 5) is 0.0553. The van der Waals surface area contributed by atoms with E-state index >= 15 is 0 Å². The van der Waals surface area contributed by atoms with Gasteiger partial charge in [0, 0.05) is 0 Å². The van der Waals surface area contributed by atoms with Gasteiger partial charge in [-0.2, -0.15) is 8.75 Å². The van der Waals surface area contributed by atoms with Crippen molar-refractivity contribution < 1.29 is 16.8 Å². The van der Waals surface area contributed by atoms with Gasteiger partial charge in [0.05, 0.1) is 21.5 Å². The summed E-state index contributed by atoms with van der Waals surface area (Å²) in [5.74, 6) is -0.373. The Morgan fingerprint density at radius 3 is 1.36 bits per heavy atom. The van der Waals surface area contributed by atoms with Gasteiger partial charge in [0.2, 0.25) is 0 Å². The number of sulfonamides is 2. The largest absolute Gasteiger partial charge is 0.263 e. The normalized spacial score (nSPS) is 11.8. The van der Waals surface area contributed by atoms with Crippen molar-refractivity contribution in [1.82, 2.24) is 8.75 Å². The molecule has 0 atom stereocenters. The molecule has 2 N–H and O–H groups in total. The molecule has 25 heavy (non-hydrogen) atoms. The second-order valence-corrected chi connectivity index (χ2v) is 8.69. The molecule has 0 aliphatic carbocycles. The van der Waals surface area contributed by atoms with Crippen molar-refractivity contribution in [2.24, 2.45) is 0 Å². The maximum Gasteiger partial charge on any atom is 0.263 e. The first-order chi connectivity index (χ1) is 11.9. The summed E-state index contributed by atoms with van der Waals surface area (Å²) < 4.78 is 61.5. The molecule has 3 aromatic rings. The standard InChI is InChI=1S/C14H12N4O4S3/c19-24(20,11-7-3-1-4-8-11)17-13-14(16-23-15-13)18-25(21,22)12-9-5-2-6-10-12/h1-10H,(H,15,17)(H,16,18). The molecule has 0 aliphatic rings. The van der Waals surface area contributed by atoms with Crippen LogP contribution in [0.15, 0.2) is 70.5 Å². The minimum absolute atomic E-state index is 0.0277. The van der Waals surface area contributed by atoms with Crippen molar-refractivity contribution in [3.63, 3.8) is 0 Å². The molecule has 0 spiro atoms. The van der Waals surface area contributed by atoms with Gasteiger partial charge < -0.3 is 0 Å². The zero-order chi connectivity index (χ0) is 17.9. The second kappa shape index (κ2) is 6.78. The van der Waals surface area contributed by atoms with Crippen LogP contribution in [0.1, 0.15) is 0 Å². The van der Waals surface area contributed by atoms with E-state index in [2.05, 4.69) is 18.2 Å². The highest BCUT2D eigenvalue weighted by molar-refractivity contribution is 7.93. The van der Waals surface area contributed by atoms with Crippen LogP contribution in [0.2, 0.25) is 0 Å². The average molecular weight is 396 g/mol. The highest BCUT2D eigenvalue weighted by atomic mass is 32.2. The van der Waals surface area contributed by atoms with E-state index in [0.29, 0.717) is 11.7 Å². The van der Waals surface area contributed by atoms with Gasteiger partial charge in [-0.25, -0.2) is 16.8 Å². The molecule has 0 aliphatic heterocycles. The Balaban J connectivity index is 1.87. The molecule has 0 radical (unpaired) electrons. The number of nitrogens with one attached hydrogen (secondary N) is 2. The monoisotopic (exact) mass is 396 g/mol. The third kappa shape index (κ3) is 3.95. The van der Waals surface area contributed by atoms with E-state index in [-0.39, 0.29) is 21.4 Å². The van der Waals surface area contributed by atoms with Gasteiger partial charge in [-0.3, -0.25) is 9.44 Å². The second-order valence-electron chi connectivity index (χ2n) is 4.80. The number of hydrogen-bond donors (Lipinski definition) is 2. The molecule has 1 heterocycles. The molecule has 0 bridgehead atoms. The maximum atomic E-state index is 12.3. The highest BCUT2D eigenvalue weighted by Gasteiger charge is 2.22. The van der Waals surface area contributed by atoms with Crippen molar-refractivity contribution in [1.29, 1.82) is 0 Å². The van der Waals surface area contributed by atoms with Crippen molar-refractivity contribution in [2.45, 2.75) is 9.79 Å². The Bertz CT molecular complexity index is 980. The van der Waals surface area contributed by atoms with Crippen LogP contribution in [0, 0.1) is 0 Å². The molecular weight excluding hydrogens is 384 g/mol. The quantitative estimate of drug-likeness (QED) is 0.659. The lowest BCUT2D eigenvalue weighted by Gasteiger charge is -2.09. The number of benzene rings is 2. The van der Waals surface area contributed by atoms with E-state index in [4.69, 9.17) is 0 Å². The molecule has 3 rings (SSSR count). The summed E-state index contributed by atoms with van der Waals surface area (Å²) in [6, 6.07) is 15.3.